The van der Waals surface area contributed by atoms with Crippen LogP contribution in [0.3, 0.4) is 0 Å². The van der Waals surface area contributed by atoms with E-state index in [2.05, 4.69) is 5.32 Å². The van der Waals surface area contributed by atoms with Gasteiger partial charge in [0.1, 0.15) is 0 Å². The lowest BCUT2D eigenvalue weighted by molar-refractivity contribution is 0.0958. The average molecular weight is 177 g/mol. The highest BCUT2D eigenvalue weighted by Gasteiger charge is 2.17. The van der Waals surface area contributed by atoms with E-state index >= 15 is 0 Å². The van der Waals surface area contributed by atoms with Crippen molar-refractivity contribution < 1.29 is 4.79 Å². The molecule has 1 aliphatic rings. The lowest BCUT2D eigenvalue weighted by Crippen LogP contribution is -2.35. The molecule has 0 atom stereocenters. The number of carbonyl (C=O) groups is 1. The minimum atomic E-state index is -0.0523. The van der Waals surface area contributed by atoms with Crippen molar-refractivity contribution in [1.29, 1.82) is 0 Å². The molecule has 68 valence electrons. The topological polar surface area (TPSA) is 58.4 Å². The molecule has 3 N–H and O–H groups in total. The first-order valence-electron chi connectivity index (χ1n) is 4.18. The van der Waals surface area contributed by atoms with Gasteiger partial charge in [0.25, 0.3) is 5.91 Å². The number of fused-ring (bicyclic) bond motifs is 1. The molecule has 0 fully saturated rings. The zero-order valence-electron chi connectivity index (χ0n) is 7.16. The van der Waals surface area contributed by atoms with E-state index in [-0.39, 0.29) is 5.91 Å². The second-order valence-corrected chi connectivity index (χ2v) is 2.97. The van der Waals surface area contributed by atoms with E-state index < -0.39 is 0 Å². The van der Waals surface area contributed by atoms with Crippen LogP contribution in [0.4, 0.5) is 5.69 Å². The highest BCUT2D eigenvalue weighted by molar-refractivity contribution is 6.00. The van der Waals surface area contributed by atoms with E-state index in [0.29, 0.717) is 18.7 Å². The Hall–Kier alpha value is -1.55. The van der Waals surface area contributed by atoms with Gasteiger partial charge in [0.2, 0.25) is 0 Å². The van der Waals surface area contributed by atoms with Crippen molar-refractivity contribution in [2.45, 2.75) is 0 Å². The fourth-order valence-corrected chi connectivity index (χ4v) is 1.42. The van der Waals surface area contributed by atoms with Crippen molar-refractivity contribution >= 4 is 11.6 Å². The molecule has 13 heavy (non-hydrogen) atoms. The summed E-state index contributed by atoms with van der Waals surface area (Å²) in [6.07, 6.45) is 0. The van der Waals surface area contributed by atoms with E-state index in [9.17, 15) is 4.79 Å². The SMILES string of the molecule is NN1CCNC(=O)c2ccccc21. The number of carbonyl (C=O) groups excluding carboxylic acids is 1. The van der Waals surface area contributed by atoms with Gasteiger partial charge in [-0.2, -0.15) is 0 Å². The summed E-state index contributed by atoms with van der Waals surface area (Å²) < 4.78 is 0. The normalized spacial score (nSPS) is 16.1. The Kier molecular flexibility index (Phi) is 1.90. The molecule has 1 aromatic rings. The molecular weight excluding hydrogens is 166 g/mol. The molecule has 0 saturated carbocycles. The van der Waals surface area contributed by atoms with Crippen LogP contribution in [-0.2, 0) is 0 Å². The minimum Gasteiger partial charge on any atom is -0.350 e. The van der Waals surface area contributed by atoms with Crippen molar-refractivity contribution in [1.82, 2.24) is 5.32 Å². The van der Waals surface area contributed by atoms with E-state index in [4.69, 9.17) is 5.84 Å². The quantitative estimate of drug-likeness (QED) is 0.553. The molecule has 1 amide bonds. The molecule has 0 unspecified atom stereocenters. The summed E-state index contributed by atoms with van der Waals surface area (Å²) in [5.74, 6) is 5.70. The van der Waals surface area contributed by atoms with E-state index in [1.165, 1.54) is 0 Å². The van der Waals surface area contributed by atoms with E-state index in [1.807, 2.05) is 18.2 Å². The highest BCUT2D eigenvalue weighted by atomic mass is 16.1. The number of hydrogen-bond acceptors (Lipinski definition) is 3. The lowest BCUT2D eigenvalue weighted by Gasteiger charge is -2.16. The number of para-hydroxylation sites is 1. The Morgan fingerprint density at radius 1 is 1.38 bits per heavy atom. The zero-order valence-corrected chi connectivity index (χ0v) is 7.16. The van der Waals surface area contributed by atoms with E-state index in [1.54, 1.807) is 11.1 Å². The van der Waals surface area contributed by atoms with Crippen molar-refractivity contribution in [3.05, 3.63) is 29.8 Å². The molecule has 0 saturated heterocycles. The zero-order chi connectivity index (χ0) is 9.26. The predicted molar refractivity (Wildman–Crippen MR) is 50.3 cm³/mol. The van der Waals surface area contributed by atoms with Gasteiger partial charge < -0.3 is 10.3 Å². The van der Waals surface area contributed by atoms with Crippen LogP contribution in [0, 0.1) is 0 Å². The van der Waals surface area contributed by atoms with Crippen molar-refractivity contribution in [3.8, 4) is 0 Å². The van der Waals surface area contributed by atoms with Crippen LogP contribution < -0.4 is 16.2 Å². The van der Waals surface area contributed by atoms with Crippen LogP contribution in [0.15, 0.2) is 24.3 Å². The van der Waals surface area contributed by atoms with Crippen molar-refractivity contribution in [3.63, 3.8) is 0 Å². The number of hydrogen-bond donors (Lipinski definition) is 2. The number of nitrogens with one attached hydrogen (secondary N) is 1. The molecule has 4 nitrogen and oxygen atoms in total. The molecule has 0 spiro atoms. The summed E-state index contributed by atoms with van der Waals surface area (Å²) in [6.45, 7) is 1.23. The van der Waals surface area contributed by atoms with Crippen LogP contribution in [0.5, 0.6) is 0 Å². The molecule has 0 radical (unpaired) electrons. The minimum absolute atomic E-state index is 0.0523. The van der Waals surface area contributed by atoms with Gasteiger partial charge in [-0.3, -0.25) is 4.79 Å². The van der Waals surface area contributed by atoms with Gasteiger partial charge in [-0.05, 0) is 12.1 Å². The molecule has 1 aliphatic heterocycles. The Labute approximate surface area is 76.3 Å². The monoisotopic (exact) mass is 177 g/mol. The molecule has 0 aromatic heterocycles. The summed E-state index contributed by atoms with van der Waals surface area (Å²) in [6, 6.07) is 7.32. The fraction of sp³-hybridized carbons (Fsp3) is 0.222. The van der Waals surface area contributed by atoms with Crippen LogP contribution in [0.25, 0.3) is 0 Å². The first-order valence-corrected chi connectivity index (χ1v) is 4.18. The summed E-state index contributed by atoms with van der Waals surface area (Å²) in [7, 11) is 0. The molecule has 0 bridgehead atoms. The number of nitrogens with two attached hydrogens (primary N) is 1. The second kappa shape index (κ2) is 3.06. The third-order valence-electron chi connectivity index (χ3n) is 2.10. The molecule has 1 heterocycles. The van der Waals surface area contributed by atoms with Crippen LogP contribution in [0.1, 0.15) is 10.4 Å². The summed E-state index contributed by atoms with van der Waals surface area (Å²) in [4.78, 5) is 11.5. The number of anilines is 1. The Morgan fingerprint density at radius 2 is 2.15 bits per heavy atom. The maximum absolute atomic E-state index is 11.5. The van der Waals surface area contributed by atoms with Gasteiger partial charge in [0.05, 0.1) is 17.8 Å². The number of nitrogens with zero attached hydrogens (tertiary/aromatic N) is 1. The maximum atomic E-state index is 11.5. The molecule has 4 heteroatoms. The first kappa shape index (κ1) is 8.07. The fourth-order valence-electron chi connectivity index (χ4n) is 1.42. The number of hydrazine groups is 1. The number of amides is 1. The van der Waals surface area contributed by atoms with Crippen molar-refractivity contribution in [2.75, 3.05) is 18.1 Å². The molecular formula is C9H11N3O. The van der Waals surface area contributed by atoms with Gasteiger partial charge in [0, 0.05) is 6.54 Å². The number of rotatable bonds is 0. The highest BCUT2D eigenvalue weighted by Crippen LogP contribution is 2.18. The van der Waals surface area contributed by atoms with Gasteiger partial charge in [-0.15, -0.1) is 0 Å². The van der Waals surface area contributed by atoms with Crippen molar-refractivity contribution in [2.24, 2.45) is 5.84 Å². The predicted octanol–water partition coefficient (Wildman–Crippen LogP) is 0.110. The molecule has 2 rings (SSSR count). The maximum Gasteiger partial charge on any atom is 0.253 e. The van der Waals surface area contributed by atoms with Gasteiger partial charge >= 0.3 is 0 Å². The number of benzene rings is 1. The lowest BCUT2D eigenvalue weighted by atomic mass is 10.1. The summed E-state index contributed by atoms with van der Waals surface area (Å²) in [5.41, 5.74) is 1.43. The van der Waals surface area contributed by atoms with Crippen LogP contribution in [-0.4, -0.2) is 19.0 Å². The third kappa shape index (κ3) is 1.36. The van der Waals surface area contributed by atoms with Gasteiger partial charge in [-0.25, -0.2) is 5.84 Å². The Balaban J connectivity index is 2.51. The van der Waals surface area contributed by atoms with Gasteiger partial charge in [0.15, 0.2) is 0 Å². The molecule has 0 aliphatic carbocycles. The standard InChI is InChI=1S/C9H11N3O/c10-12-6-5-11-9(13)7-3-1-2-4-8(7)12/h1-4H,5-6,10H2,(H,11,13). The van der Waals surface area contributed by atoms with Gasteiger partial charge in [-0.1, -0.05) is 12.1 Å². The van der Waals surface area contributed by atoms with E-state index in [0.717, 1.165) is 5.69 Å². The smallest absolute Gasteiger partial charge is 0.253 e. The summed E-state index contributed by atoms with van der Waals surface area (Å²) >= 11 is 0. The second-order valence-electron chi connectivity index (χ2n) is 2.97. The summed E-state index contributed by atoms with van der Waals surface area (Å²) in [5, 5.41) is 4.36. The third-order valence-corrected chi connectivity index (χ3v) is 2.10. The van der Waals surface area contributed by atoms with Crippen LogP contribution in [0.2, 0.25) is 0 Å². The Bertz CT molecular complexity index is 337. The van der Waals surface area contributed by atoms with Crippen LogP contribution >= 0.6 is 0 Å². The Morgan fingerprint density at radius 3 is 3.00 bits per heavy atom. The average Bonchev–Trinajstić information content (AvgIpc) is 2.29. The first-order chi connectivity index (χ1) is 6.29. The molecule has 1 aromatic carbocycles. The largest absolute Gasteiger partial charge is 0.350 e.